The van der Waals surface area contributed by atoms with E-state index in [1.54, 1.807) is 31.2 Å². The summed E-state index contributed by atoms with van der Waals surface area (Å²) < 4.78 is 24.7. The summed E-state index contributed by atoms with van der Waals surface area (Å²) in [7, 11) is -3.26. The number of ketones is 2. The number of allylic oxidation sites excluding steroid dienone is 3. The van der Waals surface area contributed by atoms with Crippen LogP contribution in [0.3, 0.4) is 0 Å². The van der Waals surface area contributed by atoms with E-state index in [1.165, 1.54) is 6.08 Å². The molecule has 3 atom stereocenters. The number of unbranched alkanes of at least 4 members (excludes halogenated alkanes) is 4. The predicted molar refractivity (Wildman–Crippen MR) is 162 cm³/mol. The Hall–Kier alpha value is -3.51. The second kappa shape index (κ2) is 14.3. The van der Waals surface area contributed by atoms with Gasteiger partial charge in [0, 0.05) is 41.8 Å². The van der Waals surface area contributed by atoms with Gasteiger partial charge in [-0.3, -0.25) is 19.2 Å². The molecule has 0 saturated carbocycles. The zero-order valence-corrected chi connectivity index (χ0v) is 25.6. The lowest BCUT2D eigenvalue weighted by Crippen LogP contribution is -2.39. The molecule has 4 N–H and O–H groups in total. The quantitative estimate of drug-likeness (QED) is 0.139. The molecule has 2 fully saturated rings. The van der Waals surface area contributed by atoms with Crippen LogP contribution in [0.2, 0.25) is 0 Å². The Balaban J connectivity index is 1.05. The lowest BCUT2D eigenvalue weighted by atomic mass is 9.88. The van der Waals surface area contributed by atoms with E-state index in [0.717, 1.165) is 25.7 Å². The highest BCUT2D eigenvalue weighted by molar-refractivity contribution is 7.92. The van der Waals surface area contributed by atoms with Gasteiger partial charge in [0.15, 0.2) is 15.6 Å². The first-order chi connectivity index (χ1) is 20.5. The number of amides is 4. The minimum atomic E-state index is -3.26. The molecule has 3 aliphatic rings. The molecule has 0 aromatic heterocycles. The van der Waals surface area contributed by atoms with Crippen LogP contribution in [0.4, 0.5) is 4.79 Å². The number of rotatable bonds is 14. The first-order valence-electron chi connectivity index (χ1n) is 14.6. The van der Waals surface area contributed by atoms with Gasteiger partial charge in [0.05, 0.1) is 28.1 Å². The van der Waals surface area contributed by atoms with Crippen molar-refractivity contribution in [3.05, 3.63) is 57.6 Å². The number of halogens is 1. The first kappa shape index (κ1) is 32.4. The Morgan fingerprint density at radius 3 is 2.28 bits per heavy atom. The second-order valence-electron chi connectivity index (χ2n) is 11.1. The van der Waals surface area contributed by atoms with E-state index in [1.807, 2.05) is 0 Å². The summed E-state index contributed by atoms with van der Waals surface area (Å²) >= 11 is 6.17. The van der Waals surface area contributed by atoms with Gasteiger partial charge in [-0.15, -0.1) is 0 Å². The molecule has 4 rings (SSSR count). The summed E-state index contributed by atoms with van der Waals surface area (Å²) in [4.78, 5) is 61.4. The molecule has 1 aliphatic carbocycles. The van der Waals surface area contributed by atoms with Crippen molar-refractivity contribution in [2.45, 2.75) is 75.6 Å². The number of Topliss-reactive ketones (excluding diaryl/α,β-unsaturated/α-hetero) is 2. The summed E-state index contributed by atoms with van der Waals surface area (Å²) in [5, 5.41) is 10.2. The Kier molecular flexibility index (Phi) is 10.8. The van der Waals surface area contributed by atoms with Crippen LogP contribution in [0.1, 0.15) is 79.0 Å². The highest BCUT2D eigenvalue weighted by Crippen LogP contribution is 2.30. The zero-order chi connectivity index (χ0) is 31.1. The molecular formula is C30H37ClN4O7S. The van der Waals surface area contributed by atoms with Crippen LogP contribution < -0.4 is 21.3 Å². The SMILES string of the molecule is CC(=CC1=C(Cl)C(=O)c2ccccc2C1=O)C(=O)NCCCCCCNC(=O)CCCCC1C2NC(=O)NC2CS1(=O)=O. The number of hydrogen-bond acceptors (Lipinski definition) is 7. The molecule has 1 aromatic carbocycles. The van der Waals surface area contributed by atoms with Crippen molar-refractivity contribution >= 4 is 50.9 Å². The molecule has 11 nitrogen and oxygen atoms in total. The smallest absolute Gasteiger partial charge is 0.315 e. The average Bonchev–Trinajstić information content (AvgIpc) is 3.43. The van der Waals surface area contributed by atoms with E-state index in [-0.39, 0.29) is 56.9 Å². The van der Waals surface area contributed by atoms with E-state index in [9.17, 15) is 32.4 Å². The maximum Gasteiger partial charge on any atom is 0.315 e. The molecular weight excluding hydrogens is 596 g/mol. The van der Waals surface area contributed by atoms with Crippen LogP contribution in [0, 0.1) is 0 Å². The number of carbonyl (C=O) groups excluding carboxylic acids is 5. The van der Waals surface area contributed by atoms with E-state index in [4.69, 9.17) is 11.6 Å². The highest BCUT2D eigenvalue weighted by atomic mass is 35.5. The van der Waals surface area contributed by atoms with Gasteiger partial charge in [-0.25, -0.2) is 13.2 Å². The minimum Gasteiger partial charge on any atom is -0.356 e. The summed E-state index contributed by atoms with van der Waals surface area (Å²) in [6, 6.07) is 5.35. The monoisotopic (exact) mass is 632 g/mol. The predicted octanol–water partition coefficient (Wildman–Crippen LogP) is 2.71. The maximum atomic E-state index is 12.8. The number of fused-ring (bicyclic) bond motifs is 2. The van der Waals surface area contributed by atoms with Gasteiger partial charge in [0.25, 0.3) is 0 Å². The van der Waals surface area contributed by atoms with Crippen molar-refractivity contribution in [2.24, 2.45) is 0 Å². The molecule has 3 unspecified atom stereocenters. The van der Waals surface area contributed by atoms with Gasteiger partial charge >= 0.3 is 6.03 Å². The van der Waals surface area contributed by atoms with Gasteiger partial charge in [-0.1, -0.05) is 55.1 Å². The third-order valence-electron chi connectivity index (χ3n) is 7.99. The number of hydrogen-bond donors (Lipinski definition) is 4. The fourth-order valence-corrected chi connectivity index (χ4v) is 8.18. The lowest BCUT2D eigenvalue weighted by Gasteiger charge is -2.16. The van der Waals surface area contributed by atoms with Crippen LogP contribution in [-0.2, 0) is 19.4 Å². The maximum absolute atomic E-state index is 12.8. The molecule has 2 saturated heterocycles. The molecule has 232 valence electrons. The second-order valence-corrected chi connectivity index (χ2v) is 13.8. The third kappa shape index (κ3) is 7.91. The van der Waals surface area contributed by atoms with Gasteiger partial charge in [0.2, 0.25) is 17.6 Å². The van der Waals surface area contributed by atoms with Crippen LogP contribution in [0.15, 0.2) is 46.5 Å². The largest absolute Gasteiger partial charge is 0.356 e. The Morgan fingerprint density at radius 2 is 1.58 bits per heavy atom. The Labute approximate surface area is 256 Å². The minimum absolute atomic E-state index is 0.0107. The standard InChI is InChI=1S/C30H37ClN4O7S/c1-18(16-21-25(31)28(38)20-11-5-4-10-19(20)27(21)37)29(39)33-15-9-3-2-8-14-32-24(36)13-7-6-12-23-26-22(17-43(23,41)42)34-30(40)35-26/h4-5,10-11,16,22-23,26H,2-3,6-9,12-15,17H2,1H3,(H,32,36)(H,33,39)(H2,34,35,40). The van der Waals surface area contributed by atoms with Gasteiger partial charge in [0.1, 0.15) is 0 Å². The van der Waals surface area contributed by atoms with E-state index >= 15 is 0 Å². The molecule has 43 heavy (non-hydrogen) atoms. The van der Waals surface area contributed by atoms with Crippen LogP contribution in [0.25, 0.3) is 0 Å². The number of nitrogens with one attached hydrogen (secondary N) is 4. The number of carbonyl (C=O) groups is 5. The molecule has 13 heteroatoms. The summed E-state index contributed by atoms with van der Waals surface area (Å²) in [5.74, 6) is -1.30. The fourth-order valence-electron chi connectivity index (χ4n) is 5.67. The molecule has 0 spiro atoms. The van der Waals surface area contributed by atoms with Crippen molar-refractivity contribution in [1.29, 1.82) is 0 Å². The number of benzene rings is 1. The van der Waals surface area contributed by atoms with Crippen molar-refractivity contribution < 1.29 is 32.4 Å². The van der Waals surface area contributed by atoms with Crippen LogP contribution >= 0.6 is 11.6 Å². The average molecular weight is 633 g/mol. The fraction of sp³-hybridized carbons (Fsp3) is 0.500. The van der Waals surface area contributed by atoms with Gasteiger partial charge in [-0.05, 0) is 38.7 Å². The molecule has 4 amide bonds. The zero-order valence-electron chi connectivity index (χ0n) is 24.0. The third-order valence-corrected chi connectivity index (χ3v) is 10.6. The first-order valence-corrected chi connectivity index (χ1v) is 16.7. The van der Waals surface area contributed by atoms with Gasteiger partial charge in [-0.2, -0.15) is 0 Å². The van der Waals surface area contributed by atoms with Gasteiger partial charge < -0.3 is 21.3 Å². The van der Waals surface area contributed by atoms with Crippen molar-refractivity contribution in [3.8, 4) is 0 Å². The summed E-state index contributed by atoms with van der Waals surface area (Å²) in [6.45, 7) is 2.54. The lowest BCUT2D eigenvalue weighted by molar-refractivity contribution is -0.121. The number of sulfone groups is 1. The van der Waals surface area contributed by atoms with Crippen LogP contribution in [0.5, 0.6) is 0 Å². The Bertz CT molecular complexity index is 1470. The normalized spacial score (nSPS) is 22.5. The molecule has 2 heterocycles. The van der Waals surface area contributed by atoms with E-state index in [2.05, 4.69) is 21.3 Å². The number of urea groups is 1. The topological polar surface area (TPSA) is 168 Å². The molecule has 0 bridgehead atoms. The van der Waals surface area contributed by atoms with E-state index in [0.29, 0.717) is 38.8 Å². The van der Waals surface area contributed by atoms with Crippen molar-refractivity contribution in [2.75, 3.05) is 18.8 Å². The molecule has 1 aromatic rings. The van der Waals surface area contributed by atoms with Crippen LogP contribution in [-0.4, -0.2) is 74.0 Å². The Morgan fingerprint density at radius 1 is 0.930 bits per heavy atom. The van der Waals surface area contributed by atoms with E-state index < -0.39 is 32.7 Å². The summed E-state index contributed by atoms with van der Waals surface area (Å²) in [5.41, 5.74) is 0.801. The molecule has 2 aliphatic heterocycles. The highest BCUT2D eigenvalue weighted by Gasteiger charge is 2.51. The van der Waals surface area contributed by atoms with Crippen molar-refractivity contribution in [1.82, 2.24) is 21.3 Å². The summed E-state index contributed by atoms with van der Waals surface area (Å²) in [6.07, 6.45) is 6.50. The van der Waals surface area contributed by atoms with Crippen molar-refractivity contribution in [3.63, 3.8) is 0 Å². The molecule has 0 radical (unpaired) electrons.